The van der Waals surface area contributed by atoms with Crippen molar-refractivity contribution in [1.29, 1.82) is 0 Å². The van der Waals surface area contributed by atoms with Crippen molar-refractivity contribution in [3.8, 4) is 11.5 Å². The standard InChI is InChI=1S/C17H18ClN3O4/c18-15-12(8-20-21-16(15)22)19-9-17(3-5-23-6-4-17)11-1-2-13-14(7-11)25-10-24-13/h1-2,7-8H,3-6,9-10H2,(H2,19,21,22). The number of halogens is 1. The molecule has 2 aromatic rings. The summed E-state index contributed by atoms with van der Waals surface area (Å²) in [6.07, 6.45) is 3.23. The van der Waals surface area contributed by atoms with E-state index in [4.69, 9.17) is 25.8 Å². The number of fused-ring (bicyclic) bond motifs is 1. The van der Waals surface area contributed by atoms with Gasteiger partial charge in [0.05, 0.1) is 11.9 Å². The summed E-state index contributed by atoms with van der Waals surface area (Å²) < 4.78 is 16.5. The molecule has 2 N–H and O–H groups in total. The molecule has 8 heteroatoms. The van der Waals surface area contributed by atoms with E-state index in [0.717, 1.165) is 29.9 Å². The minimum Gasteiger partial charge on any atom is -0.454 e. The van der Waals surface area contributed by atoms with Crippen LogP contribution in [0.2, 0.25) is 5.02 Å². The first-order valence-electron chi connectivity index (χ1n) is 8.13. The number of ether oxygens (including phenoxy) is 3. The molecule has 3 heterocycles. The van der Waals surface area contributed by atoms with Gasteiger partial charge in [-0.3, -0.25) is 4.79 Å². The van der Waals surface area contributed by atoms with E-state index >= 15 is 0 Å². The van der Waals surface area contributed by atoms with Gasteiger partial charge >= 0.3 is 0 Å². The Bertz CT molecular complexity index is 833. The fraction of sp³-hybridized carbons (Fsp3) is 0.412. The van der Waals surface area contributed by atoms with Crippen LogP contribution in [0.4, 0.5) is 5.69 Å². The highest BCUT2D eigenvalue weighted by Gasteiger charge is 2.35. The van der Waals surface area contributed by atoms with Crippen molar-refractivity contribution in [1.82, 2.24) is 10.2 Å². The highest BCUT2D eigenvalue weighted by Crippen LogP contribution is 2.41. The zero-order chi connectivity index (χ0) is 17.3. The third-order valence-corrected chi connectivity index (χ3v) is 5.22. The maximum atomic E-state index is 11.6. The molecule has 0 radical (unpaired) electrons. The molecule has 0 aliphatic carbocycles. The summed E-state index contributed by atoms with van der Waals surface area (Å²) in [5.74, 6) is 1.53. The number of nitrogens with one attached hydrogen (secondary N) is 2. The molecular weight excluding hydrogens is 346 g/mol. The first-order valence-corrected chi connectivity index (χ1v) is 8.51. The third kappa shape index (κ3) is 3.05. The summed E-state index contributed by atoms with van der Waals surface area (Å²) in [5, 5.41) is 9.53. The van der Waals surface area contributed by atoms with E-state index in [0.29, 0.717) is 25.4 Å². The van der Waals surface area contributed by atoms with Crippen LogP contribution in [0.3, 0.4) is 0 Å². The zero-order valence-corrected chi connectivity index (χ0v) is 14.3. The zero-order valence-electron chi connectivity index (χ0n) is 13.5. The average Bonchev–Trinajstić information content (AvgIpc) is 3.11. The van der Waals surface area contributed by atoms with E-state index in [1.807, 2.05) is 12.1 Å². The Morgan fingerprint density at radius 1 is 1.24 bits per heavy atom. The molecule has 2 aliphatic heterocycles. The highest BCUT2D eigenvalue weighted by molar-refractivity contribution is 6.32. The van der Waals surface area contributed by atoms with Gasteiger partial charge < -0.3 is 19.5 Å². The van der Waals surface area contributed by atoms with Gasteiger partial charge in [-0.1, -0.05) is 17.7 Å². The summed E-state index contributed by atoms with van der Waals surface area (Å²) in [5.41, 5.74) is 1.12. The summed E-state index contributed by atoms with van der Waals surface area (Å²) in [7, 11) is 0. The SMILES string of the molecule is O=c1[nH]ncc(NCC2(c3ccc4c(c3)OCO4)CCOCC2)c1Cl. The Morgan fingerprint density at radius 2 is 2.04 bits per heavy atom. The number of rotatable bonds is 4. The number of hydrogen-bond acceptors (Lipinski definition) is 6. The van der Waals surface area contributed by atoms with E-state index in [2.05, 4.69) is 21.6 Å². The maximum Gasteiger partial charge on any atom is 0.285 e. The molecule has 7 nitrogen and oxygen atoms in total. The smallest absolute Gasteiger partial charge is 0.285 e. The van der Waals surface area contributed by atoms with Crippen molar-refractivity contribution in [2.24, 2.45) is 0 Å². The molecule has 0 bridgehead atoms. The van der Waals surface area contributed by atoms with E-state index in [9.17, 15) is 4.79 Å². The molecule has 4 rings (SSSR count). The molecule has 2 aliphatic rings. The molecule has 0 spiro atoms. The van der Waals surface area contributed by atoms with Crippen LogP contribution < -0.4 is 20.3 Å². The molecule has 1 aromatic heterocycles. The number of H-pyrrole nitrogens is 1. The predicted molar refractivity (Wildman–Crippen MR) is 92.7 cm³/mol. The fourth-order valence-corrected chi connectivity index (χ4v) is 3.49. The van der Waals surface area contributed by atoms with E-state index in [1.54, 1.807) is 0 Å². The third-order valence-electron chi connectivity index (χ3n) is 4.85. The molecular formula is C17H18ClN3O4. The maximum absolute atomic E-state index is 11.6. The molecule has 0 atom stereocenters. The van der Waals surface area contributed by atoms with Crippen LogP contribution in [0.25, 0.3) is 0 Å². The van der Waals surface area contributed by atoms with Crippen LogP contribution in [0.15, 0.2) is 29.2 Å². The lowest BCUT2D eigenvalue weighted by molar-refractivity contribution is 0.0543. The molecule has 0 amide bonds. The van der Waals surface area contributed by atoms with Crippen molar-refractivity contribution >= 4 is 17.3 Å². The Labute approximate surface area is 149 Å². The van der Waals surface area contributed by atoms with Crippen LogP contribution in [-0.4, -0.2) is 36.7 Å². The summed E-state index contributed by atoms with van der Waals surface area (Å²) in [6.45, 7) is 2.22. The number of hydrogen-bond donors (Lipinski definition) is 2. The van der Waals surface area contributed by atoms with Crippen LogP contribution in [0, 0.1) is 0 Å². The van der Waals surface area contributed by atoms with Crippen LogP contribution in [0.5, 0.6) is 11.5 Å². The first kappa shape index (κ1) is 16.2. The number of anilines is 1. The van der Waals surface area contributed by atoms with E-state index in [-0.39, 0.29) is 17.2 Å². The van der Waals surface area contributed by atoms with Crippen molar-refractivity contribution < 1.29 is 14.2 Å². The Kier molecular flexibility index (Phi) is 4.27. The monoisotopic (exact) mass is 363 g/mol. The number of aromatic nitrogens is 2. The van der Waals surface area contributed by atoms with Crippen molar-refractivity contribution in [3.63, 3.8) is 0 Å². The number of aromatic amines is 1. The van der Waals surface area contributed by atoms with Crippen LogP contribution in [-0.2, 0) is 10.2 Å². The second-order valence-electron chi connectivity index (χ2n) is 6.24. The fourth-order valence-electron chi connectivity index (χ4n) is 3.33. The molecule has 25 heavy (non-hydrogen) atoms. The van der Waals surface area contributed by atoms with Gasteiger partial charge in [-0.15, -0.1) is 0 Å². The van der Waals surface area contributed by atoms with Crippen molar-refractivity contribution in [2.75, 3.05) is 31.9 Å². The van der Waals surface area contributed by atoms with Crippen LogP contribution in [0.1, 0.15) is 18.4 Å². The minimum absolute atomic E-state index is 0.114. The average molecular weight is 364 g/mol. The molecule has 1 aromatic carbocycles. The molecule has 0 saturated carbocycles. The highest BCUT2D eigenvalue weighted by atomic mass is 35.5. The molecule has 1 fully saturated rings. The van der Waals surface area contributed by atoms with Gasteiger partial charge in [-0.25, -0.2) is 5.10 Å². The van der Waals surface area contributed by atoms with Gasteiger partial charge in [0.25, 0.3) is 5.56 Å². The largest absolute Gasteiger partial charge is 0.454 e. The number of benzene rings is 1. The van der Waals surface area contributed by atoms with Crippen molar-refractivity contribution in [2.45, 2.75) is 18.3 Å². The Morgan fingerprint density at radius 3 is 2.88 bits per heavy atom. The van der Waals surface area contributed by atoms with E-state index < -0.39 is 5.56 Å². The van der Waals surface area contributed by atoms with Crippen LogP contribution >= 0.6 is 11.6 Å². The topological polar surface area (TPSA) is 85.5 Å². The van der Waals surface area contributed by atoms with Gasteiger partial charge in [0, 0.05) is 25.2 Å². The lowest BCUT2D eigenvalue weighted by atomic mass is 9.74. The number of nitrogens with zero attached hydrogens (tertiary/aromatic N) is 1. The second kappa shape index (κ2) is 6.57. The predicted octanol–water partition coefficient (Wildman–Crippen LogP) is 2.31. The van der Waals surface area contributed by atoms with Gasteiger partial charge in [-0.2, -0.15) is 5.10 Å². The Balaban J connectivity index is 1.63. The van der Waals surface area contributed by atoms with Gasteiger partial charge in [-0.05, 0) is 30.5 Å². The van der Waals surface area contributed by atoms with E-state index in [1.165, 1.54) is 6.20 Å². The quantitative estimate of drug-likeness (QED) is 0.867. The molecule has 1 saturated heterocycles. The van der Waals surface area contributed by atoms with Crippen molar-refractivity contribution in [3.05, 3.63) is 45.3 Å². The molecule has 0 unspecified atom stereocenters. The second-order valence-corrected chi connectivity index (χ2v) is 6.62. The Hall–Kier alpha value is -2.25. The first-order chi connectivity index (χ1) is 12.2. The normalized spacial score (nSPS) is 18.1. The lowest BCUT2D eigenvalue weighted by Crippen LogP contribution is -2.40. The summed E-state index contributed by atoms with van der Waals surface area (Å²) in [4.78, 5) is 11.6. The summed E-state index contributed by atoms with van der Waals surface area (Å²) >= 11 is 6.07. The van der Waals surface area contributed by atoms with Gasteiger partial charge in [0.1, 0.15) is 5.02 Å². The minimum atomic E-state index is -0.407. The summed E-state index contributed by atoms with van der Waals surface area (Å²) in [6, 6.07) is 6.04. The lowest BCUT2D eigenvalue weighted by Gasteiger charge is -2.38. The van der Waals surface area contributed by atoms with Gasteiger partial charge in [0.2, 0.25) is 6.79 Å². The van der Waals surface area contributed by atoms with Gasteiger partial charge in [0.15, 0.2) is 11.5 Å². The molecule has 132 valence electrons.